The highest BCUT2D eigenvalue weighted by Crippen LogP contribution is 2.27. The molecule has 0 aliphatic rings. The van der Waals surface area contributed by atoms with Crippen LogP contribution in [-0.2, 0) is 0 Å². The first kappa shape index (κ1) is 13.5. The van der Waals surface area contributed by atoms with Crippen LogP contribution in [0.2, 0.25) is 0 Å². The quantitative estimate of drug-likeness (QED) is 0.782. The molecule has 3 rings (SSSR count). The molecule has 0 aliphatic carbocycles. The van der Waals surface area contributed by atoms with Crippen LogP contribution >= 0.6 is 0 Å². The van der Waals surface area contributed by atoms with Crippen LogP contribution in [0.15, 0.2) is 42.5 Å². The van der Waals surface area contributed by atoms with Crippen LogP contribution in [0.5, 0.6) is 0 Å². The smallest absolute Gasteiger partial charge is 0.165 e. The molecule has 0 aliphatic heterocycles. The number of para-hydroxylation sites is 1. The number of anilines is 1. The lowest BCUT2D eigenvalue weighted by molar-refractivity contribution is 0.621. The summed E-state index contributed by atoms with van der Waals surface area (Å²) in [4.78, 5) is 9.00. The van der Waals surface area contributed by atoms with Crippen molar-refractivity contribution in [3.05, 3.63) is 53.8 Å². The molecule has 0 amide bonds. The molecule has 3 nitrogen and oxygen atoms in total. The Kier molecular flexibility index (Phi) is 3.52. The van der Waals surface area contributed by atoms with Gasteiger partial charge in [-0.25, -0.2) is 14.4 Å². The van der Waals surface area contributed by atoms with Crippen molar-refractivity contribution < 1.29 is 4.39 Å². The third kappa shape index (κ3) is 2.44. The van der Waals surface area contributed by atoms with E-state index in [4.69, 9.17) is 0 Å². The van der Waals surface area contributed by atoms with Crippen LogP contribution < -0.4 is 5.32 Å². The molecule has 0 fully saturated rings. The molecular formula is C17H16FN3. The maximum Gasteiger partial charge on any atom is 0.165 e. The van der Waals surface area contributed by atoms with Crippen molar-refractivity contribution in [3.63, 3.8) is 0 Å². The Morgan fingerprint density at radius 1 is 1.05 bits per heavy atom. The van der Waals surface area contributed by atoms with E-state index in [1.54, 1.807) is 19.1 Å². The van der Waals surface area contributed by atoms with Gasteiger partial charge in [0, 0.05) is 11.9 Å². The number of rotatable bonds is 3. The van der Waals surface area contributed by atoms with Crippen LogP contribution in [-0.4, -0.2) is 16.5 Å². The van der Waals surface area contributed by atoms with Gasteiger partial charge in [0.15, 0.2) is 5.82 Å². The maximum absolute atomic E-state index is 14.3. The van der Waals surface area contributed by atoms with Gasteiger partial charge < -0.3 is 5.32 Å². The molecule has 106 valence electrons. The minimum absolute atomic E-state index is 0.268. The number of aryl methyl sites for hydroxylation is 1. The Morgan fingerprint density at radius 3 is 2.67 bits per heavy atom. The van der Waals surface area contributed by atoms with Crippen molar-refractivity contribution >= 4 is 16.7 Å². The fourth-order valence-electron chi connectivity index (χ4n) is 2.32. The van der Waals surface area contributed by atoms with Gasteiger partial charge in [0.2, 0.25) is 0 Å². The zero-order valence-corrected chi connectivity index (χ0v) is 12.0. The highest BCUT2D eigenvalue weighted by molar-refractivity contribution is 5.90. The number of fused-ring (bicyclic) bond motifs is 1. The lowest BCUT2D eigenvalue weighted by atomic mass is 10.1. The van der Waals surface area contributed by atoms with Crippen molar-refractivity contribution in [1.82, 2.24) is 9.97 Å². The summed E-state index contributed by atoms with van der Waals surface area (Å²) >= 11 is 0. The fraction of sp³-hybridized carbons (Fsp3) is 0.176. The minimum Gasteiger partial charge on any atom is -0.370 e. The SMILES string of the molecule is CCNc1nc(-c2cccc(C)c2F)nc2ccccc12. The van der Waals surface area contributed by atoms with E-state index >= 15 is 0 Å². The van der Waals surface area contributed by atoms with Gasteiger partial charge in [0.25, 0.3) is 0 Å². The van der Waals surface area contributed by atoms with Gasteiger partial charge in [-0.2, -0.15) is 0 Å². The molecule has 1 aromatic heterocycles. The lowest BCUT2D eigenvalue weighted by Crippen LogP contribution is -2.03. The molecule has 21 heavy (non-hydrogen) atoms. The first-order chi connectivity index (χ1) is 10.2. The first-order valence-corrected chi connectivity index (χ1v) is 6.97. The van der Waals surface area contributed by atoms with E-state index < -0.39 is 0 Å². The predicted octanol–water partition coefficient (Wildman–Crippen LogP) is 4.18. The van der Waals surface area contributed by atoms with Crippen molar-refractivity contribution in [2.45, 2.75) is 13.8 Å². The third-order valence-electron chi connectivity index (χ3n) is 3.38. The van der Waals surface area contributed by atoms with Gasteiger partial charge in [-0.05, 0) is 37.6 Å². The van der Waals surface area contributed by atoms with Gasteiger partial charge in [0.05, 0.1) is 11.1 Å². The summed E-state index contributed by atoms with van der Waals surface area (Å²) in [5.74, 6) is 0.875. The molecule has 0 saturated heterocycles. The number of hydrogen-bond acceptors (Lipinski definition) is 3. The lowest BCUT2D eigenvalue weighted by Gasteiger charge is -2.10. The number of hydrogen-bond donors (Lipinski definition) is 1. The second kappa shape index (κ2) is 5.48. The van der Waals surface area contributed by atoms with Crippen LogP contribution in [0.4, 0.5) is 10.2 Å². The summed E-state index contributed by atoms with van der Waals surface area (Å²) in [6.07, 6.45) is 0. The zero-order chi connectivity index (χ0) is 14.8. The molecule has 0 saturated carbocycles. The molecule has 1 heterocycles. The highest BCUT2D eigenvalue weighted by atomic mass is 19.1. The summed E-state index contributed by atoms with van der Waals surface area (Å²) in [5.41, 5.74) is 1.83. The zero-order valence-electron chi connectivity index (χ0n) is 12.0. The Morgan fingerprint density at radius 2 is 1.86 bits per heavy atom. The highest BCUT2D eigenvalue weighted by Gasteiger charge is 2.13. The maximum atomic E-state index is 14.3. The number of nitrogens with zero attached hydrogens (tertiary/aromatic N) is 2. The second-order valence-corrected chi connectivity index (χ2v) is 4.88. The van der Waals surface area contributed by atoms with Gasteiger partial charge in [-0.1, -0.05) is 24.3 Å². The topological polar surface area (TPSA) is 37.8 Å². The normalized spacial score (nSPS) is 10.8. The molecule has 0 spiro atoms. The summed E-state index contributed by atoms with van der Waals surface area (Å²) in [6, 6.07) is 13.0. The van der Waals surface area contributed by atoms with E-state index in [-0.39, 0.29) is 5.82 Å². The summed E-state index contributed by atoms with van der Waals surface area (Å²) in [7, 11) is 0. The van der Waals surface area contributed by atoms with Crippen LogP contribution in [0.3, 0.4) is 0 Å². The largest absolute Gasteiger partial charge is 0.370 e. The molecule has 0 unspecified atom stereocenters. The predicted molar refractivity (Wildman–Crippen MR) is 83.8 cm³/mol. The fourth-order valence-corrected chi connectivity index (χ4v) is 2.32. The van der Waals surface area contributed by atoms with E-state index in [2.05, 4.69) is 15.3 Å². The first-order valence-electron chi connectivity index (χ1n) is 6.97. The number of benzene rings is 2. The minimum atomic E-state index is -0.268. The summed E-state index contributed by atoms with van der Waals surface area (Å²) in [5, 5.41) is 4.16. The number of halogens is 1. The molecule has 4 heteroatoms. The van der Waals surface area contributed by atoms with Gasteiger partial charge >= 0.3 is 0 Å². The average Bonchev–Trinajstić information content (AvgIpc) is 2.50. The second-order valence-electron chi connectivity index (χ2n) is 4.88. The van der Waals surface area contributed by atoms with Crippen molar-refractivity contribution in [1.29, 1.82) is 0 Å². The summed E-state index contributed by atoms with van der Waals surface area (Å²) < 4.78 is 14.3. The van der Waals surface area contributed by atoms with Gasteiger partial charge in [-0.3, -0.25) is 0 Å². The van der Waals surface area contributed by atoms with Crippen LogP contribution in [0.25, 0.3) is 22.3 Å². The Bertz CT molecular complexity index is 799. The van der Waals surface area contributed by atoms with E-state index in [1.807, 2.05) is 37.3 Å². The van der Waals surface area contributed by atoms with Gasteiger partial charge in [0.1, 0.15) is 11.6 Å². The standard InChI is InChI=1S/C17H16FN3/c1-3-19-16-12-8-4-5-10-14(12)20-17(21-16)13-9-6-7-11(2)15(13)18/h4-10H,3H2,1-2H3,(H,19,20,21). The Labute approximate surface area is 122 Å². The van der Waals surface area contributed by atoms with E-state index in [1.165, 1.54) is 0 Å². The van der Waals surface area contributed by atoms with E-state index in [0.29, 0.717) is 17.0 Å². The van der Waals surface area contributed by atoms with Crippen LogP contribution in [0.1, 0.15) is 12.5 Å². The molecule has 0 radical (unpaired) electrons. The van der Waals surface area contributed by atoms with E-state index in [0.717, 1.165) is 23.3 Å². The van der Waals surface area contributed by atoms with Crippen LogP contribution in [0, 0.1) is 12.7 Å². The van der Waals surface area contributed by atoms with Crippen molar-refractivity contribution in [2.75, 3.05) is 11.9 Å². The number of aromatic nitrogens is 2. The molecule has 0 bridgehead atoms. The third-order valence-corrected chi connectivity index (χ3v) is 3.38. The van der Waals surface area contributed by atoms with E-state index in [9.17, 15) is 4.39 Å². The average molecular weight is 281 g/mol. The molecule has 0 atom stereocenters. The monoisotopic (exact) mass is 281 g/mol. The summed E-state index contributed by atoms with van der Waals surface area (Å²) in [6.45, 7) is 4.49. The molecular weight excluding hydrogens is 265 g/mol. The Balaban J connectivity index is 2.26. The Hall–Kier alpha value is -2.49. The molecule has 3 aromatic rings. The van der Waals surface area contributed by atoms with Gasteiger partial charge in [-0.15, -0.1) is 0 Å². The van der Waals surface area contributed by atoms with Crippen molar-refractivity contribution in [3.8, 4) is 11.4 Å². The van der Waals surface area contributed by atoms with Crippen molar-refractivity contribution in [2.24, 2.45) is 0 Å². The molecule has 1 N–H and O–H groups in total. The molecule has 2 aromatic carbocycles. The number of nitrogens with one attached hydrogen (secondary N) is 1.